The Bertz CT molecular complexity index is 757. The molecule has 0 spiro atoms. The molecule has 0 saturated carbocycles. The Morgan fingerprint density at radius 1 is 1.42 bits per heavy atom. The molecule has 0 amide bonds. The fourth-order valence-electron chi connectivity index (χ4n) is 1.85. The second kappa shape index (κ2) is 5.22. The summed E-state index contributed by atoms with van der Waals surface area (Å²) in [5, 5.41) is 2.03. The predicted molar refractivity (Wildman–Crippen MR) is 78.0 cm³/mol. The van der Waals surface area contributed by atoms with Crippen molar-refractivity contribution >= 4 is 34.2 Å². The first-order valence-corrected chi connectivity index (χ1v) is 7.74. The Labute approximate surface area is 118 Å². The van der Waals surface area contributed by atoms with E-state index in [-0.39, 0.29) is 5.76 Å². The van der Waals surface area contributed by atoms with E-state index in [4.69, 9.17) is 4.42 Å². The quantitative estimate of drug-likeness (QED) is 0.693. The summed E-state index contributed by atoms with van der Waals surface area (Å²) in [5.74, 6) is 0.508. The summed E-state index contributed by atoms with van der Waals surface area (Å²) in [4.78, 5) is 16.1. The van der Waals surface area contributed by atoms with Gasteiger partial charge in [-0.05, 0) is 19.1 Å². The van der Waals surface area contributed by atoms with E-state index >= 15 is 0 Å². The van der Waals surface area contributed by atoms with Crippen LogP contribution >= 0.6 is 23.1 Å². The third kappa shape index (κ3) is 2.59. The molecule has 0 bridgehead atoms. The average molecular weight is 292 g/mol. The van der Waals surface area contributed by atoms with Gasteiger partial charge in [0.05, 0.1) is 5.52 Å². The summed E-state index contributed by atoms with van der Waals surface area (Å²) in [7, 11) is 0. The maximum atomic E-state index is 11.8. The van der Waals surface area contributed by atoms with Gasteiger partial charge in [-0.2, -0.15) is 0 Å². The van der Waals surface area contributed by atoms with Crippen molar-refractivity contribution in [3.63, 3.8) is 0 Å². The number of hydrogen-bond acceptors (Lipinski definition) is 5. The molecule has 0 aliphatic heterocycles. The number of nitrogens with zero attached hydrogens (tertiary/aromatic N) is 2. The van der Waals surface area contributed by atoms with E-state index in [0.29, 0.717) is 12.1 Å². The van der Waals surface area contributed by atoms with E-state index in [1.807, 2.05) is 36.6 Å². The van der Waals surface area contributed by atoms with Crippen LogP contribution in [0.3, 0.4) is 0 Å². The number of hydrogen-bond donors (Lipinski definition) is 0. The first kappa shape index (κ1) is 12.5. The molecular weight excluding hydrogens is 280 g/mol. The topological polar surface area (TPSA) is 48.0 Å². The molecule has 0 saturated heterocycles. The van der Waals surface area contributed by atoms with Crippen LogP contribution in [0.15, 0.2) is 43.2 Å². The average Bonchev–Trinajstić information content (AvgIpc) is 2.94. The Kier molecular flexibility index (Phi) is 3.44. The highest BCUT2D eigenvalue weighted by Crippen LogP contribution is 2.22. The number of aryl methyl sites for hydroxylation is 2. The molecule has 3 aromatic rings. The van der Waals surface area contributed by atoms with Gasteiger partial charge >= 0.3 is 5.76 Å². The number of benzene rings is 1. The van der Waals surface area contributed by atoms with Gasteiger partial charge in [0.1, 0.15) is 4.34 Å². The molecule has 0 fully saturated rings. The Hall–Kier alpha value is -1.53. The molecule has 3 rings (SSSR count). The summed E-state index contributed by atoms with van der Waals surface area (Å²) in [6.45, 7) is 2.60. The smallest absolute Gasteiger partial charge is 0.408 e. The van der Waals surface area contributed by atoms with Crippen LogP contribution in [0.4, 0.5) is 0 Å². The molecule has 4 nitrogen and oxygen atoms in total. The minimum Gasteiger partial charge on any atom is -0.408 e. The summed E-state index contributed by atoms with van der Waals surface area (Å²) in [6, 6.07) is 7.48. The Morgan fingerprint density at radius 3 is 3.05 bits per heavy atom. The summed E-state index contributed by atoms with van der Waals surface area (Å²) >= 11 is 3.30. The second-order valence-electron chi connectivity index (χ2n) is 4.09. The Balaban J connectivity index is 1.75. The lowest BCUT2D eigenvalue weighted by Gasteiger charge is -2.00. The van der Waals surface area contributed by atoms with Crippen LogP contribution in [-0.4, -0.2) is 15.3 Å². The lowest BCUT2D eigenvalue weighted by atomic mass is 10.3. The van der Waals surface area contributed by atoms with E-state index in [1.165, 1.54) is 0 Å². The lowest BCUT2D eigenvalue weighted by molar-refractivity contribution is 0.514. The molecule has 0 N–H and O–H groups in total. The van der Waals surface area contributed by atoms with E-state index < -0.39 is 0 Å². The summed E-state index contributed by atoms with van der Waals surface area (Å²) in [5.41, 5.74) is 2.53. The van der Waals surface area contributed by atoms with E-state index in [9.17, 15) is 4.79 Å². The second-order valence-corrected chi connectivity index (χ2v) is 6.29. The van der Waals surface area contributed by atoms with Gasteiger partial charge in [-0.3, -0.25) is 4.57 Å². The minimum absolute atomic E-state index is 0.294. The number of fused-ring (bicyclic) bond motifs is 1. The standard InChI is InChI=1S/C13H12N2O2S2/c1-9-8-19-12(14-9)18-7-6-15-10-4-2-3-5-11(10)17-13(15)16/h2-5,8H,6-7H2,1H3. The van der Waals surface area contributed by atoms with Crippen LogP contribution in [0, 0.1) is 6.92 Å². The zero-order valence-corrected chi connectivity index (χ0v) is 12.0. The van der Waals surface area contributed by atoms with Crippen LogP contribution in [0.5, 0.6) is 0 Å². The number of aromatic nitrogens is 2. The van der Waals surface area contributed by atoms with Crippen molar-refractivity contribution in [2.24, 2.45) is 0 Å². The van der Waals surface area contributed by atoms with Gasteiger partial charge in [-0.25, -0.2) is 9.78 Å². The Morgan fingerprint density at radius 2 is 2.26 bits per heavy atom. The van der Waals surface area contributed by atoms with Gasteiger partial charge in [0, 0.05) is 23.4 Å². The maximum Gasteiger partial charge on any atom is 0.419 e. The number of thiazole rings is 1. The van der Waals surface area contributed by atoms with Crippen molar-refractivity contribution in [2.75, 3.05) is 5.75 Å². The minimum atomic E-state index is -0.294. The van der Waals surface area contributed by atoms with Gasteiger partial charge in [0.25, 0.3) is 0 Å². The third-order valence-electron chi connectivity index (χ3n) is 2.71. The lowest BCUT2D eigenvalue weighted by Crippen LogP contribution is -2.15. The molecule has 19 heavy (non-hydrogen) atoms. The van der Waals surface area contributed by atoms with Crippen molar-refractivity contribution in [1.29, 1.82) is 0 Å². The number of oxazole rings is 1. The maximum absolute atomic E-state index is 11.8. The molecule has 6 heteroatoms. The molecule has 98 valence electrons. The summed E-state index contributed by atoms with van der Waals surface area (Å²) < 4.78 is 7.90. The molecule has 0 radical (unpaired) electrons. The van der Waals surface area contributed by atoms with Gasteiger partial charge in [0.2, 0.25) is 0 Å². The van der Waals surface area contributed by atoms with Crippen molar-refractivity contribution < 1.29 is 4.42 Å². The third-order valence-corrected chi connectivity index (χ3v) is 4.83. The zero-order chi connectivity index (χ0) is 13.2. The molecule has 0 aliphatic carbocycles. The normalized spacial score (nSPS) is 11.2. The van der Waals surface area contributed by atoms with E-state index in [2.05, 4.69) is 4.98 Å². The number of rotatable bonds is 4. The first-order chi connectivity index (χ1) is 9.24. The molecule has 0 unspecified atom stereocenters. The fraction of sp³-hybridized carbons (Fsp3) is 0.231. The van der Waals surface area contributed by atoms with Gasteiger partial charge in [-0.1, -0.05) is 23.9 Å². The number of para-hydroxylation sites is 2. The zero-order valence-electron chi connectivity index (χ0n) is 10.3. The van der Waals surface area contributed by atoms with E-state index in [1.54, 1.807) is 27.7 Å². The van der Waals surface area contributed by atoms with Crippen LogP contribution in [0.1, 0.15) is 5.69 Å². The first-order valence-electron chi connectivity index (χ1n) is 5.87. The molecule has 0 atom stereocenters. The SMILES string of the molecule is Cc1csc(SCCn2c(=O)oc3ccccc32)n1. The summed E-state index contributed by atoms with van der Waals surface area (Å²) in [6.07, 6.45) is 0. The largest absolute Gasteiger partial charge is 0.419 e. The van der Waals surface area contributed by atoms with Crippen LogP contribution in [0.2, 0.25) is 0 Å². The van der Waals surface area contributed by atoms with Gasteiger partial charge in [0.15, 0.2) is 5.58 Å². The van der Waals surface area contributed by atoms with Crippen molar-refractivity contribution in [1.82, 2.24) is 9.55 Å². The molecule has 2 aromatic heterocycles. The highest BCUT2D eigenvalue weighted by Gasteiger charge is 2.08. The monoisotopic (exact) mass is 292 g/mol. The van der Waals surface area contributed by atoms with E-state index in [0.717, 1.165) is 21.3 Å². The van der Waals surface area contributed by atoms with Crippen molar-refractivity contribution in [3.8, 4) is 0 Å². The highest BCUT2D eigenvalue weighted by atomic mass is 32.2. The molecule has 2 heterocycles. The molecule has 0 aliphatic rings. The van der Waals surface area contributed by atoms with Crippen LogP contribution in [-0.2, 0) is 6.54 Å². The van der Waals surface area contributed by atoms with Gasteiger partial charge in [-0.15, -0.1) is 11.3 Å². The van der Waals surface area contributed by atoms with Crippen LogP contribution < -0.4 is 5.76 Å². The fourth-order valence-corrected chi connectivity index (χ4v) is 3.69. The van der Waals surface area contributed by atoms with Crippen molar-refractivity contribution in [2.45, 2.75) is 17.8 Å². The predicted octanol–water partition coefficient (Wildman–Crippen LogP) is 3.15. The highest BCUT2D eigenvalue weighted by molar-refractivity contribution is 8.00. The molecule has 1 aromatic carbocycles. The van der Waals surface area contributed by atoms with Crippen molar-refractivity contribution in [3.05, 3.63) is 45.9 Å². The molecular formula is C13H12N2O2S2. The number of thioether (sulfide) groups is 1. The van der Waals surface area contributed by atoms with Crippen LogP contribution in [0.25, 0.3) is 11.1 Å². The van der Waals surface area contributed by atoms with Gasteiger partial charge < -0.3 is 4.42 Å².